The molecule has 2 aromatic rings. The second kappa shape index (κ2) is 8.47. The van der Waals surface area contributed by atoms with Gasteiger partial charge < -0.3 is 0 Å². The van der Waals surface area contributed by atoms with Gasteiger partial charge >= 0.3 is 15.6 Å². The Bertz CT molecular complexity index is 1100. The predicted octanol–water partition coefficient (Wildman–Crippen LogP) is 6.05. The average Bonchev–Trinajstić information content (AvgIpc) is 2.74. The molecule has 2 aromatic carbocycles. The van der Waals surface area contributed by atoms with E-state index in [4.69, 9.17) is 15.8 Å². The normalized spacial score (nSPS) is 26.6. The number of carbonyl (C=O) groups excluding carboxylic acids is 1. The third kappa shape index (κ3) is 4.32. The molecule has 4 nitrogen and oxygen atoms in total. The van der Waals surface area contributed by atoms with Gasteiger partial charge in [0.1, 0.15) is 0 Å². The lowest BCUT2D eigenvalue weighted by molar-refractivity contribution is -0.0801. The Hall–Kier alpha value is -1.90. The topological polar surface area (TPSA) is 60.4 Å². The van der Waals surface area contributed by atoms with Gasteiger partial charge in [-0.1, -0.05) is 48.0 Å². The molecule has 9 heteroatoms. The molecule has 0 aliphatic heterocycles. The molecular weight excluding hydrogens is 465 g/mol. The number of ketones is 1. The maximum atomic E-state index is 13.3. The van der Waals surface area contributed by atoms with Crippen LogP contribution in [0.4, 0.5) is 13.2 Å². The summed E-state index contributed by atoms with van der Waals surface area (Å²) in [4.78, 5) is 13.3. The predicted molar refractivity (Wildman–Crippen MR) is 114 cm³/mol. The maximum Gasteiger partial charge on any atom is 0.523 e. The molecule has 0 bridgehead atoms. The zero-order chi connectivity index (χ0) is 23.1. The van der Waals surface area contributed by atoms with Crippen LogP contribution < -0.4 is 0 Å². The number of Topliss-reactive ketones (excluding diaryl/α,β-unsaturated/α-hetero) is 1. The molecule has 172 valence electrons. The summed E-state index contributed by atoms with van der Waals surface area (Å²) in [5.41, 5.74) is -5.06. The first-order valence-electron chi connectivity index (χ1n) is 10.4. The molecule has 2 aliphatic rings. The lowest BCUT2D eigenvalue weighted by atomic mass is 9.65. The van der Waals surface area contributed by atoms with Crippen LogP contribution in [0.2, 0.25) is 5.02 Å². The van der Waals surface area contributed by atoms with E-state index in [0.717, 1.165) is 11.1 Å². The summed E-state index contributed by atoms with van der Waals surface area (Å²) in [6, 6.07) is 14.1. The molecule has 0 N–H and O–H groups in total. The number of fused-ring (bicyclic) bond motifs is 1. The molecule has 2 aliphatic carbocycles. The summed E-state index contributed by atoms with van der Waals surface area (Å²) in [6.45, 7) is 0. The Balaban J connectivity index is 1.66. The standard InChI is InChI=1S/C23H22ClF3O4S/c24-18-8-5-15(6-9-18)16-11-13-22(14-12-16,31-32(29,30)23(25,26)27)20-10-7-17-3-1-2-4-19(17)21(20)28/h1-6,8-9,16,20H,7,10-14H2. The number of benzene rings is 2. The molecule has 0 heterocycles. The van der Waals surface area contributed by atoms with Crippen molar-refractivity contribution in [1.82, 2.24) is 0 Å². The van der Waals surface area contributed by atoms with Crippen molar-refractivity contribution in [3.8, 4) is 0 Å². The number of halogens is 4. The van der Waals surface area contributed by atoms with E-state index in [-0.39, 0.29) is 31.0 Å². The first kappa shape index (κ1) is 23.3. The van der Waals surface area contributed by atoms with E-state index >= 15 is 0 Å². The van der Waals surface area contributed by atoms with E-state index in [9.17, 15) is 26.4 Å². The number of aryl methyl sites for hydroxylation is 1. The minimum absolute atomic E-state index is 0.0172. The van der Waals surface area contributed by atoms with Gasteiger partial charge in [0.15, 0.2) is 5.78 Å². The van der Waals surface area contributed by atoms with Crippen LogP contribution in [0.5, 0.6) is 0 Å². The van der Waals surface area contributed by atoms with Crippen LogP contribution in [0, 0.1) is 5.92 Å². The number of rotatable bonds is 4. The Morgan fingerprint density at radius 2 is 1.59 bits per heavy atom. The van der Waals surface area contributed by atoms with E-state index in [0.29, 0.717) is 29.8 Å². The van der Waals surface area contributed by atoms with E-state index in [1.807, 2.05) is 12.1 Å². The van der Waals surface area contributed by atoms with Gasteiger partial charge in [-0.05, 0) is 67.7 Å². The Labute approximate surface area is 189 Å². The SMILES string of the molecule is O=C1c2ccccc2CCC1C1(OS(=O)(=O)C(F)(F)F)CCC(c2ccc(Cl)cc2)CC1. The van der Waals surface area contributed by atoms with Crippen molar-refractivity contribution in [2.45, 2.75) is 55.6 Å². The molecule has 0 radical (unpaired) electrons. The third-order valence-electron chi connectivity index (χ3n) is 6.67. The molecule has 0 amide bonds. The molecule has 1 atom stereocenters. The average molecular weight is 487 g/mol. The van der Waals surface area contributed by atoms with Gasteiger partial charge in [-0.3, -0.25) is 8.98 Å². The molecular formula is C23H22ClF3O4S. The molecule has 1 saturated carbocycles. The molecule has 0 spiro atoms. The molecule has 0 saturated heterocycles. The highest BCUT2D eigenvalue weighted by Gasteiger charge is 2.56. The lowest BCUT2D eigenvalue weighted by Crippen LogP contribution is -2.51. The first-order valence-corrected chi connectivity index (χ1v) is 12.2. The molecule has 1 unspecified atom stereocenters. The van der Waals surface area contributed by atoms with Gasteiger partial charge in [0.25, 0.3) is 0 Å². The van der Waals surface area contributed by atoms with Crippen molar-refractivity contribution in [2.75, 3.05) is 0 Å². The van der Waals surface area contributed by atoms with Crippen LogP contribution >= 0.6 is 11.6 Å². The van der Waals surface area contributed by atoms with Crippen molar-refractivity contribution in [1.29, 1.82) is 0 Å². The Morgan fingerprint density at radius 1 is 0.969 bits per heavy atom. The fourth-order valence-electron chi connectivity index (χ4n) is 5.03. The third-order valence-corrected chi connectivity index (χ3v) is 8.04. The highest BCUT2D eigenvalue weighted by atomic mass is 35.5. The largest absolute Gasteiger partial charge is 0.523 e. The summed E-state index contributed by atoms with van der Waals surface area (Å²) in [5.74, 6) is -1.29. The van der Waals surface area contributed by atoms with Crippen molar-refractivity contribution < 1.29 is 30.6 Å². The summed E-state index contributed by atoms with van der Waals surface area (Å²) < 4.78 is 68.7. The van der Waals surface area contributed by atoms with Gasteiger partial charge in [-0.2, -0.15) is 21.6 Å². The highest BCUT2D eigenvalue weighted by molar-refractivity contribution is 7.87. The minimum Gasteiger partial charge on any atom is -0.294 e. The number of carbonyl (C=O) groups is 1. The monoisotopic (exact) mass is 486 g/mol. The van der Waals surface area contributed by atoms with Gasteiger partial charge in [0, 0.05) is 10.6 Å². The van der Waals surface area contributed by atoms with Crippen molar-refractivity contribution in [3.63, 3.8) is 0 Å². The van der Waals surface area contributed by atoms with Gasteiger partial charge in [-0.15, -0.1) is 0 Å². The second-order valence-corrected chi connectivity index (χ2v) is 10.5. The number of hydrogen-bond acceptors (Lipinski definition) is 4. The second-order valence-electron chi connectivity index (χ2n) is 8.49. The lowest BCUT2D eigenvalue weighted by Gasteiger charge is -2.45. The van der Waals surface area contributed by atoms with Crippen LogP contribution in [0.3, 0.4) is 0 Å². The zero-order valence-electron chi connectivity index (χ0n) is 17.1. The number of alkyl halides is 3. The van der Waals surface area contributed by atoms with Crippen LogP contribution in [0.25, 0.3) is 0 Å². The van der Waals surface area contributed by atoms with Crippen LogP contribution in [0.15, 0.2) is 48.5 Å². The summed E-state index contributed by atoms with van der Waals surface area (Å²) in [6.07, 6.45) is 1.60. The van der Waals surface area contributed by atoms with E-state index in [1.165, 1.54) is 0 Å². The van der Waals surface area contributed by atoms with Crippen LogP contribution in [0.1, 0.15) is 59.5 Å². The minimum atomic E-state index is -5.86. The summed E-state index contributed by atoms with van der Waals surface area (Å²) in [7, 11) is -5.86. The summed E-state index contributed by atoms with van der Waals surface area (Å²) in [5, 5.41) is 0.574. The molecule has 0 aromatic heterocycles. The van der Waals surface area contributed by atoms with E-state index in [2.05, 4.69) is 0 Å². The Kier molecular flexibility index (Phi) is 6.15. The van der Waals surface area contributed by atoms with Gasteiger partial charge in [-0.25, -0.2) is 0 Å². The number of hydrogen-bond donors (Lipinski definition) is 0. The van der Waals surface area contributed by atoms with Crippen LogP contribution in [-0.2, 0) is 20.7 Å². The molecule has 32 heavy (non-hydrogen) atoms. The van der Waals surface area contributed by atoms with E-state index in [1.54, 1.807) is 36.4 Å². The highest BCUT2D eigenvalue weighted by Crippen LogP contribution is 2.49. The van der Waals surface area contributed by atoms with Gasteiger partial charge in [0.2, 0.25) is 0 Å². The fourth-order valence-corrected chi connectivity index (χ4v) is 5.97. The zero-order valence-corrected chi connectivity index (χ0v) is 18.6. The van der Waals surface area contributed by atoms with E-state index < -0.39 is 27.1 Å². The van der Waals surface area contributed by atoms with Gasteiger partial charge in [0.05, 0.1) is 11.5 Å². The van der Waals surface area contributed by atoms with Crippen molar-refractivity contribution in [2.24, 2.45) is 5.92 Å². The van der Waals surface area contributed by atoms with Crippen molar-refractivity contribution in [3.05, 3.63) is 70.2 Å². The summed E-state index contributed by atoms with van der Waals surface area (Å²) >= 11 is 5.94. The fraction of sp³-hybridized carbons (Fsp3) is 0.435. The molecule has 1 fully saturated rings. The maximum absolute atomic E-state index is 13.3. The smallest absolute Gasteiger partial charge is 0.294 e. The van der Waals surface area contributed by atoms with Crippen molar-refractivity contribution >= 4 is 27.5 Å². The molecule has 4 rings (SSSR count). The first-order chi connectivity index (χ1) is 15.0. The Morgan fingerprint density at radius 3 is 2.22 bits per heavy atom. The van der Waals surface area contributed by atoms with Crippen LogP contribution in [-0.4, -0.2) is 25.3 Å². The quantitative estimate of drug-likeness (QED) is 0.390.